The first-order valence-electron chi connectivity index (χ1n) is 7.41. The van der Waals surface area contributed by atoms with Gasteiger partial charge in [-0.2, -0.15) is 5.10 Å². The average molecular weight is 317 g/mol. The van der Waals surface area contributed by atoms with E-state index in [1.807, 2.05) is 6.07 Å². The fourth-order valence-corrected chi connectivity index (χ4v) is 2.51. The number of nitrogens with zero attached hydrogens (tertiary/aromatic N) is 2. The Morgan fingerprint density at radius 3 is 2.83 bits per heavy atom. The summed E-state index contributed by atoms with van der Waals surface area (Å²) < 4.78 is 16.1. The molecule has 1 saturated heterocycles. The molecule has 1 fully saturated rings. The van der Waals surface area contributed by atoms with Crippen molar-refractivity contribution in [1.82, 2.24) is 15.1 Å². The molecule has 23 heavy (non-hydrogen) atoms. The molecule has 122 valence electrons. The van der Waals surface area contributed by atoms with Crippen LogP contribution >= 0.6 is 0 Å². The molecule has 1 aliphatic heterocycles. The predicted molar refractivity (Wildman–Crippen MR) is 82.3 cm³/mol. The Morgan fingerprint density at radius 2 is 2.13 bits per heavy atom. The lowest BCUT2D eigenvalue weighted by molar-refractivity contribution is -0.142. The summed E-state index contributed by atoms with van der Waals surface area (Å²) in [5, 5.41) is 6.84. The molecular formula is C16H19N3O4. The highest BCUT2D eigenvalue weighted by Gasteiger charge is 2.29. The molecule has 1 atom stereocenters. The topological polar surface area (TPSA) is 76.7 Å². The number of carbonyl (C=O) groups excluding carboxylic acids is 1. The van der Waals surface area contributed by atoms with Crippen LogP contribution in [0.4, 0.5) is 0 Å². The van der Waals surface area contributed by atoms with Gasteiger partial charge in [0, 0.05) is 12.7 Å². The minimum Gasteiger partial charge on any atom is -0.497 e. The van der Waals surface area contributed by atoms with Gasteiger partial charge in [0.15, 0.2) is 6.61 Å². The summed E-state index contributed by atoms with van der Waals surface area (Å²) in [6.07, 6.45) is 1.67. The second-order valence-corrected chi connectivity index (χ2v) is 5.15. The Kier molecular flexibility index (Phi) is 4.77. The smallest absolute Gasteiger partial charge is 0.261 e. The zero-order valence-electron chi connectivity index (χ0n) is 12.9. The molecule has 2 aromatic rings. The van der Waals surface area contributed by atoms with Crippen LogP contribution in [-0.4, -0.2) is 54.5 Å². The number of H-pyrrole nitrogens is 1. The van der Waals surface area contributed by atoms with E-state index in [2.05, 4.69) is 10.2 Å². The SMILES string of the molecule is COc1ccc(OCC(=O)N2CCOC[C@H]2c2ccn[nH]2)cc1. The number of aromatic amines is 1. The molecule has 1 aromatic carbocycles. The number of nitrogens with one attached hydrogen (secondary N) is 1. The number of ether oxygens (including phenoxy) is 3. The number of benzene rings is 1. The first-order chi connectivity index (χ1) is 11.3. The second-order valence-electron chi connectivity index (χ2n) is 5.15. The Labute approximate surface area is 134 Å². The molecule has 0 saturated carbocycles. The van der Waals surface area contributed by atoms with Crippen LogP contribution in [0.1, 0.15) is 11.7 Å². The third-order valence-corrected chi connectivity index (χ3v) is 3.75. The van der Waals surface area contributed by atoms with Crippen molar-refractivity contribution in [1.29, 1.82) is 0 Å². The van der Waals surface area contributed by atoms with Gasteiger partial charge >= 0.3 is 0 Å². The zero-order valence-corrected chi connectivity index (χ0v) is 12.9. The average Bonchev–Trinajstić information content (AvgIpc) is 3.14. The van der Waals surface area contributed by atoms with E-state index in [4.69, 9.17) is 14.2 Å². The van der Waals surface area contributed by atoms with Gasteiger partial charge in [0.2, 0.25) is 0 Å². The third-order valence-electron chi connectivity index (χ3n) is 3.75. The quantitative estimate of drug-likeness (QED) is 0.902. The molecule has 2 heterocycles. The lowest BCUT2D eigenvalue weighted by atomic mass is 10.1. The molecule has 0 bridgehead atoms. The summed E-state index contributed by atoms with van der Waals surface area (Å²) in [5.74, 6) is 1.30. The molecule has 0 aliphatic carbocycles. The number of amides is 1. The van der Waals surface area contributed by atoms with Crippen molar-refractivity contribution < 1.29 is 19.0 Å². The maximum Gasteiger partial charge on any atom is 0.261 e. The van der Waals surface area contributed by atoms with E-state index in [0.29, 0.717) is 25.5 Å². The van der Waals surface area contributed by atoms with E-state index >= 15 is 0 Å². The van der Waals surface area contributed by atoms with Crippen LogP contribution in [0.3, 0.4) is 0 Å². The minimum absolute atomic E-state index is 0.0169. The van der Waals surface area contributed by atoms with Crippen molar-refractivity contribution in [2.45, 2.75) is 6.04 Å². The first kappa shape index (κ1) is 15.4. The number of hydrogen-bond acceptors (Lipinski definition) is 5. The summed E-state index contributed by atoms with van der Waals surface area (Å²) in [5.41, 5.74) is 0.863. The zero-order chi connectivity index (χ0) is 16.1. The first-order valence-corrected chi connectivity index (χ1v) is 7.41. The van der Waals surface area contributed by atoms with Gasteiger partial charge in [-0.1, -0.05) is 0 Å². The lowest BCUT2D eigenvalue weighted by Crippen LogP contribution is -2.45. The lowest BCUT2D eigenvalue weighted by Gasteiger charge is -2.34. The molecule has 0 unspecified atom stereocenters. The monoisotopic (exact) mass is 317 g/mol. The van der Waals surface area contributed by atoms with Crippen molar-refractivity contribution >= 4 is 5.91 Å². The molecule has 7 nitrogen and oxygen atoms in total. The van der Waals surface area contributed by atoms with Gasteiger partial charge < -0.3 is 19.1 Å². The van der Waals surface area contributed by atoms with Crippen LogP contribution in [0, 0.1) is 0 Å². The van der Waals surface area contributed by atoms with Crippen LogP contribution in [-0.2, 0) is 9.53 Å². The van der Waals surface area contributed by atoms with Crippen LogP contribution in [0.25, 0.3) is 0 Å². The van der Waals surface area contributed by atoms with Crippen molar-refractivity contribution in [3.8, 4) is 11.5 Å². The van der Waals surface area contributed by atoms with Gasteiger partial charge in [0.1, 0.15) is 11.5 Å². The largest absolute Gasteiger partial charge is 0.497 e. The molecule has 0 radical (unpaired) electrons. The fraction of sp³-hybridized carbons (Fsp3) is 0.375. The van der Waals surface area contributed by atoms with Gasteiger partial charge in [0.25, 0.3) is 5.91 Å². The summed E-state index contributed by atoms with van der Waals surface area (Å²) >= 11 is 0. The van der Waals surface area contributed by atoms with Crippen molar-refractivity contribution in [3.05, 3.63) is 42.2 Å². The molecule has 1 amide bonds. The van der Waals surface area contributed by atoms with E-state index in [9.17, 15) is 4.79 Å². The summed E-state index contributed by atoms with van der Waals surface area (Å²) in [6.45, 7) is 1.50. The standard InChI is InChI=1S/C16H19N3O4/c1-21-12-2-4-13(5-3-12)23-11-16(20)19-8-9-22-10-15(19)14-6-7-17-18-14/h2-7,15H,8-11H2,1H3,(H,17,18)/t15-/m0/s1. The fourth-order valence-electron chi connectivity index (χ4n) is 2.51. The molecule has 1 N–H and O–H groups in total. The minimum atomic E-state index is -0.154. The maximum absolute atomic E-state index is 12.5. The van der Waals surface area contributed by atoms with Gasteiger partial charge in [0.05, 0.1) is 32.1 Å². The highest BCUT2D eigenvalue weighted by Crippen LogP contribution is 2.23. The molecular weight excluding hydrogens is 298 g/mol. The number of methoxy groups -OCH3 is 1. The maximum atomic E-state index is 12.5. The van der Waals surface area contributed by atoms with Crippen molar-refractivity contribution in [2.75, 3.05) is 33.5 Å². The van der Waals surface area contributed by atoms with Crippen molar-refractivity contribution in [3.63, 3.8) is 0 Å². The predicted octanol–water partition coefficient (Wildman–Crippen LogP) is 1.40. The molecule has 7 heteroatoms. The number of carbonyl (C=O) groups is 1. The van der Waals surface area contributed by atoms with E-state index < -0.39 is 0 Å². The van der Waals surface area contributed by atoms with E-state index in [1.165, 1.54) is 0 Å². The van der Waals surface area contributed by atoms with Gasteiger partial charge in [-0.05, 0) is 30.3 Å². The van der Waals surface area contributed by atoms with Gasteiger partial charge in [-0.25, -0.2) is 0 Å². The Balaban J connectivity index is 1.61. The van der Waals surface area contributed by atoms with Crippen molar-refractivity contribution in [2.24, 2.45) is 0 Å². The normalized spacial score (nSPS) is 17.8. The van der Waals surface area contributed by atoms with Crippen LogP contribution in [0.15, 0.2) is 36.5 Å². The van der Waals surface area contributed by atoms with E-state index in [-0.39, 0.29) is 18.6 Å². The summed E-state index contributed by atoms with van der Waals surface area (Å²) in [6, 6.07) is 8.84. The summed E-state index contributed by atoms with van der Waals surface area (Å²) in [7, 11) is 1.60. The number of aromatic nitrogens is 2. The molecule has 0 spiro atoms. The third kappa shape index (κ3) is 3.62. The highest BCUT2D eigenvalue weighted by atomic mass is 16.5. The van der Waals surface area contributed by atoms with Gasteiger partial charge in [-0.15, -0.1) is 0 Å². The van der Waals surface area contributed by atoms with E-state index in [0.717, 1.165) is 11.4 Å². The van der Waals surface area contributed by atoms with Crippen LogP contribution < -0.4 is 9.47 Å². The number of morpholine rings is 1. The van der Waals surface area contributed by atoms with Crippen LogP contribution in [0.2, 0.25) is 0 Å². The van der Waals surface area contributed by atoms with Crippen LogP contribution in [0.5, 0.6) is 11.5 Å². The molecule has 1 aliphatic rings. The number of hydrogen-bond donors (Lipinski definition) is 1. The Hall–Kier alpha value is -2.54. The Bertz CT molecular complexity index is 627. The molecule has 1 aromatic heterocycles. The molecule has 3 rings (SSSR count). The van der Waals surface area contributed by atoms with E-state index in [1.54, 1.807) is 42.5 Å². The van der Waals surface area contributed by atoms with Gasteiger partial charge in [-0.3, -0.25) is 9.89 Å². The highest BCUT2D eigenvalue weighted by molar-refractivity contribution is 5.78. The number of rotatable bonds is 5. The summed E-state index contributed by atoms with van der Waals surface area (Å²) in [4.78, 5) is 14.3. The Morgan fingerprint density at radius 1 is 1.35 bits per heavy atom. The second kappa shape index (κ2) is 7.15.